The summed E-state index contributed by atoms with van der Waals surface area (Å²) in [5.41, 5.74) is -0.407. The zero-order chi connectivity index (χ0) is 18.2. The number of carboxylic acid groups (broad SMARTS) is 2. The van der Waals surface area contributed by atoms with Crippen LogP contribution in [0.3, 0.4) is 0 Å². The normalized spacial score (nSPS) is 22.4. The molecule has 1 rings (SSSR count). The first-order chi connectivity index (χ1) is 11.4. The van der Waals surface area contributed by atoms with Gasteiger partial charge in [-0.25, -0.2) is 9.59 Å². The van der Waals surface area contributed by atoms with Crippen molar-refractivity contribution in [3.05, 3.63) is 35.5 Å². The van der Waals surface area contributed by atoms with E-state index in [9.17, 15) is 19.8 Å². The molecule has 2 atom stereocenters. The molecule has 0 aliphatic heterocycles. The van der Waals surface area contributed by atoms with Gasteiger partial charge >= 0.3 is 11.9 Å². The first-order valence-corrected chi connectivity index (χ1v) is 9.00. The fourth-order valence-electron chi connectivity index (χ4n) is 3.90. The molecule has 0 saturated heterocycles. The van der Waals surface area contributed by atoms with E-state index in [0.717, 1.165) is 38.5 Å². The molecular formula is C20H30O4. The lowest BCUT2D eigenvalue weighted by Gasteiger charge is -2.41. The van der Waals surface area contributed by atoms with E-state index in [1.165, 1.54) is 0 Å². The first-order valence-electron chi connectivity index (χ1n) is 9.00. The number of aliphatic carboxylic acids is 2. The van der Waals surface area contributed by atoms with Gasteiger partial charge in [0.1, 0.15) is 5.57 Å². The van der Waals surface area contributed by atoms with Crippen molar-refractivity contribution in [1.29, 1.82) is 0 Å². The van der Waals surface area contributed by atoms with Crippen LogP contribution >= 0.6 is 0 Å². The number of unbranched alkanes of at least 4 members (excludes halogenated alkanes) is 3. The summed E-state index contributed by atoms with van der Waals surface area (Å²) in [6.45, 7) is 6.08. The molecule has 134 valence electrons. The van der Waals surface area contributed by atoms with Crippen LogP contribution in [0, 0.1) is 11.3 Å². The van der Waals surface area contributed by atoms with Crippen molar-refractivity contribution in [3.63, 3.8) is 0 Å². The van der Waals surface area contributed by atoms with Gasteiger partial charge in [0, 0.05) is 5.41 Å². The quantitative estimate of drug-likeness (QED) is 0.256. The molecule has 0 aromatic heterocycles. The molecule has 0 bridgehead atoms. The van der Waals surface area contributed by atoms with Gasteiger partial charge in [-0.15, -0.1) is 0 Å². The minimum atomic E-state index is -1.34. The van der Waals surface area contributed by atoms with E-state index in [4.69, 9.17) is 0 Å². The van der Waals surface area contributed by atoms with Crippen LogP contribution < -0.4 is 0 Å². The summed E-state index contributed by atoms with van der Waals surface area (Å²) < 4.78 is 0. The number of carbonyl (C=O) groups is 2. The van der Waals surface area contributed by atoms with Crippen molar-refractivity contribution in [1.82, 2.24) is 0 Å². The molecule has 2 N–H and O–H groups in total. The Morgan fingerprint density at radius 1 is 1.00 bits per heavy atom. The van der Waals surface area contributed by atoms with E-state index >= 15 is 0 Å². The lowest BCUT2D eigenvalue weighted by molar-refractivity contribution is -0.140. The minimum absolute atomic E-state index is 0.132. The SMILES string of the molecule is CCCCCCC1(C(CC)=C(C(=O)O)C(=O)O)C=CC=CC1CC. The summed E-state index contributed by atoms with van der Waals surface area (Å²) in [6.07, 6.45) is 14.4. The highest BCUT2D eigenvalue weighted by atomic mass is 16.4. The second-order valence-corrected chi connectivity index (χ2v) is 6.43. The molecule has 0 radical (unpaired) electrons. The second kappa shape index (κ2) is 9.45. The smallest absolute Gasteiger partial charge is 0.343 e. The first kappa shape index (κ1) is 20.2. The van der Waals surface area contributed by atoms with Crippen LogP contribution in [-0.2, 0) is 9.59 Å². The third-order valence-corrected chi connectivity index (χ3v) is 5.04. The summed E-state index contributed by atoms with van der Waals surface area (Å²) in [6, 6.07) is 0. The van der Waals surface area contributed by atoms with Crippen LogP contribution in [0.15, 0.2) is 35.5 Å². The molecule has 0 fully saturated rings. The topological polar surface area (TPSA) is 74.6 Å². The van der Waals surface area contributed by atoms with Crippen LogP contribution in [0.4, 0.5) is 0 Å². The molecule has 4 nitrogen and oxygen atoms in total. The maximum Gasteiger partial charge on any atom is 0.343 e. The fourth-order valence-corrected chi connectivity index (χ4v) is 3.90. The van der Waals surface area contributed by atoms with Crippen molar-refractivity contribution < 1.29 is 19.8 Å². The molecule has 1 aliphatic carbocycles. The Morgan fingerprint density at radius 2 is 1.67 bits per heavy atom. The Balaban J connectivity index is 3.41. The van der Waals surface area contributed by atoms with Crippen molar-refractivity contribution in [2.45, 2.75) is 65.7 Å². The van der Waals surface area contributed by atoms with E-state index in [1.807, 2.05) is 25.2 Å². The van der Waals surface area contributed by atoms with Crippen LogP contribution in [0.5, 0.6) is 0 Å². The zero-order valence-corrected chi connectivity index (χ0v) is 15.0. The lowest BCUT2D eigenvalue weighted by Crippen LogP contribution is -2.34. The number of hydrogen-bond acceptors (Lipinski definition) is 2. The molecule has 0 aromatic rings. The maximum absolute atomic E-state index is 11.6. The Bertz CT molecular complexity index is 526. The van der Waals surface area contributed by atoms with Crippen LogP contribution in [0.2, 0.25) is 0 Å². The van der Waals surface area contributed by atoms with Crippen LogP contribution in [0.1, 0.15) is 65.7 Å². The summed E-state index contributed by atoms with van der Waals surface area (Å²) in [5.74, 6) is -2.55. The fraction of sp³-hybridized carbons (Fsp3) is 0.600. The van der Waals surface area contributed by atoms with Crippen molar-refractivity contribution >= 4 is 11.9 Å². The number of rotatable bonds is 10. The molecule has 2 unspecified atom stereocenters. The van der Waals surface area contributed by atoms with Gasteiger partial charge in [0.05, 0.1) is 0 Å². The van der Waals surface area contributed by atoms with Crippen molar-refractivity contribution in [2.75, 3.05) is 0 Å². The molecule has 0 amide bonds. The summed E-state index contributed by atoms with van der Waals surface area (Å²) in [4.78, 5) is 23.2. The van der Waals surface area contributed by atoms with Gasteiger partial charge in [0.25, 0.3) is 0 Å². The molecule has 24 heavy (non-hydrogen) atoms. The summed E-state index contributed by atoms with van der Waals surface area (Å²) in [7, 11) is 0. The molecule has 0 saturated carbocycles. The van der Waals surface area contributed by atoms with E-state index in [2.05, 4.69) is 19.9 Å². The largest absolute Gasteiger partial charge is 0.477 e. The standard InChI is InChI=1S/C20H30O4/c1-4-7-8-10-13-20(14-11-9-12-15(20)5-2)16(6-3)17(18(21)22)19(23)24/h9,11-12,14-15H,4-8,10,13H2,1-3H3,(H,21,22)(H,23,24). The van der Waals surface area contributed by atoms with E-state index < -0.39 is 22.9 Å². The average molecular weight is 334 g/mol. The van der Waals surface area contributed by atoms with Gasteiger partial charge in [0.2, 0.25) is 0 Å². The predicted molar refractivity (Wildman–Crippen MR) is 95.8 cm³/mol. The molecular weight excluding hydrogens is 304 g/mol. The average Bonchev–Trinajstić information content (AvgIpc) is 2.55. The highest BCUT2D eigenvalue weighted by molar-refractivity contribution is 6.13. The molecule has 4 heteroatoms. The number of carboxylic acids is 2. The Morgan fingerprint density at radius 3 is 2.17 bits per heavy atom. The van der Waals surface area contributed by atoms with E-state index in [1.54, 1.807) is 0 Å². The van der Waals surface area contributed by atoms with Gasteiger partial charge in [-0.1, -0.05) is 70.8 Å². The Labute approximate surface area is 145 Å². The predicted octanol–water partition coefficient (Wildman–Crippen LogP) is 4.97. The molecule has 1 aliphatic rings. The van der Waals surface area contributed by atoms with Crippen LogP contribution in [-0.4, -0.2) is 22.2 Å². The van der Waals surface area contributed by atoms with Gasteiger partial charge in [-0.3, -0.25) is 0 Å². The Kier molecular flexibility index (Phi) is 7.96. The minimum Gasteiger partial charge on any atom is -0.477 e. The highest BCUT2D eigenvalue weighted by Crippen LogP contribution is 2.48. The second-order valence-electron chi connectivity index (χ2n) is 6.43. The summed E-state index contributed by atoms with van der Waals surface area (Å²) in [5, 5.41) is 19.0. The Hall–Kier alpha value is -1.84. The van der Waals surface area contributed by atoms with Crippen LogP contribution in [0.25, 0.3) is 0 Å². The third-order valence-electron chi connectivity index (χ3n) is 5.04. The maximum atomic E-state index is 11.6. The van der Waals surface area contributed by atoms with E-state index in [-0.39, 0.29) is 5.92 Å². The highest BCUT2D eigenvalue weighted by Gasteiger charge is 2.41. The summed E-state index contributed by atoms with van der Waals surface area (Å²) >= 11 is 0. The molecule has 0 aromatic carbocycles. The molecule has 0 spiro atoms. The van der Waals surface area contributed by atoms with Gasteiger partial charge in [0.15, 0.2) is 0 Å². The van der Waals surface area contributed by atoms with Crippen molar-refractivity contribution in [3.8, 4) is 0 Å². The molecule has 0 heterocycles. The number of hydrogen-bond donors (Lipinski definition) is 2. The number of allylic oxidation sites excluding steroid dienone is 5. The lowest BCUT2D eigenvalue weighted by atomic mass is 9.62. The monoisotopic (exact) mass is 334 g/mol. The zero-order valence-electron chi connectivity index (χ0n) is 15.0. The third kappa shape index (κ3) is 4.37. The van der Waals surface area contributed by atoms with Gasteiger partial charge in [-0.2, -0.15) is 0 Å². The van der Waals surface area contributed by atoms with E-state index in [0.29, 0.717) is 12.0 Å². The van der Waals surface area contributed by atoms with Crippen molar-refractivity contribution in [2.24, 2.45) is 11.3 Å². The van der Waals surface area contributed by atoms with Gasteiger partial charge in [-0.05, 0) is 30.8 Å². The van der Waals surface area contributed by atoms with Gasteiger partial charge < -0.3 is 10.2 Å².